The number of hydrogen-bond acceptors (Lipinski definition) is 5. The van der Waals surface area contributed by atoms with Crippen molar-refractivity contribution in [3.05, 3.63) is 18.2 Å². The predicted octanol–water partition coefficient (Wildman–Crippen LogP) is 1.81. The van der Waals surface area contributed by atoms with E-state index in [1.807, 2.05) is 12.1 Å². The Morgan fingerprint density at radius 1 is 1.25 bits per heavy atom. The van der Waals surface area contributed by atoms with Gasteiger partial charge in [0.2, 0.25) is 0 Å². The first-order valence-corrected chi connectivity index (χ1v) is 7.05. The van der Waals surface area contributed by atoms with E-state index in [1.54, 1.807) is 20.3 Å². The number of nitrogen functional groups attached to an aromatic ring is 1. The number of ether oxygens (including phenoxy) is 3. The fourth-order valence-electron chi connectivity index (χ4n) is 2.31. The zero-order valence-electron chi connectivity index (χ0n) is 12.2. The fourth-order valence-corrected chi connectivity index (χ4v) is 2.31. The minimum absolute atomic E-state index is 0.257. The minimum atomic E-state index is 0.257. The summed E-state index contributed by atoms with van der Waals surface area (Å²) in [5.41, 5.74) is 6.41. The van der Waals surface area contributed by atoms with E-state index in [0.29, 0.717) is 17.5 Å². The molecule has 0 radical (unpaired) electrons. The van der Waals surface area contributed by atoms with Crippen molar-refractivity contribution in [2.24, 2.45) is 0 Å². The first-order chi connectivity index (χ1) is 9.72. The van der Waals surface area contributed by atoms with Crippen molar-refractivity contribution in [2.75, 3.05) is 33.1 Å². The first-order valence-electron chi connectivity index (χ1n) is 7.05. The lowest BCUT2D eigenvalue weighted by molar-refractivity contribution is 0.0808. The van der Waals surface area contributed by atoms with Crippen molar-refractivity contribution >= 4 is 5.69 Å². The molecule has 112 valence electrons. The van der Waals surface area contributed by atoms with Gasteiger partial charge in [-0.2, -0.15) is 0 Å². The highest BCUT2D eigenvalue weighted by Gasteiger charge is 2.30. The highest BCUT2D eigenvalue weighted by atomic mass is 16.5. The van der Waals surface area contributed by atoms with Gasteiger partial charge < -0.3 is 25.3 Å². The third-order valence-electron chi connectivity index (χ3n) is 3.53. The SMILES string of the molecule is COCCCNC1CC(Oc2ccc(N)cc2OC)C1. The highest BCUT2D eigenvalue weighted by molar-refractivity contribution is 5.52. The van der Waals surface area contributed by atoms with E-state index in [4.69, 9.17) is 19.9 Å². The minimum Gasteiger partial charge on any atom is -0.493 e. The number of anilines is 1. The van der Waals surface area contributed by atoms with Crippen molar-refractivity contribution in [1.82, 2.24) is 5.32 Å². The van der Waals surface area contributed by atoms with Crippen molar-refractivity contribution in [1.29, 1.82) is 0 Å². The van der Waals surface area contributed by atoms with Crippen LogP contribution in [0.3, 0.4) is 0 Å². The normalized spacial score (nSPS) is 21.3. The summed E-state index contributed by atoms with van der Waals surface area (Å²) in [5, 5.41) is 3.50. The lowest BCUT2D eigenvalue weighted by Crippen LogP contribution is -2.47. The third-order valence-corrected chi connectivity index (χ3v) is 3.53. The van der Waals surface area contributed by atoms with Crippen LogP contribution in [0, 0.1) is 0 Å². The number of methoxy groups -OCH3 is 2. The Kier molecular flexibility index (Phi) is 5.49. The molecule has 1 saturated carbocycles. The molecule has 1 aliphatic rings. The fraction of sp³-hybridized carbons (Fsp3) is 0.600. The molecule has 5 nitrogen and oxygen atoms in total. The molecular formula is C15H24N2O3. The lowest BCUT2D eigenvalue weighted by atomic mass is 9.89. The topological polar surface area (TPSA) is 65.7 Å². The van der Waals surface area contributed by atoms with Crippen LogP contribution in [0.5, 0.6) is 11.5 Å². The highest BCUT2D eigenvalue weighted by Crippen LogP contribution is 2.33. The Balaban J connectivity index is 1.72. The average molecular weight is 280 g/mol. The largest absolute Gasteiger partial charge is 0.493 e. The molecular weight excluding hydrogens is 256 g/mol. The summed E-state index contributed by atoms with van der Waals surface area (Å²) in [4.78, 5) is 0. The van der Waals surface area contributed by atoms with Crippen LogP contribution in [0.25, 0.3) is 0 Å². The van der Waals surface area contributed by atoms with Crippen LogP contribution in [-0.4, -0.2) is 39.5 Å². The Labute approximate surface area is 120 Å². The molecule has 3 N–H and O–H groups in total. The van der Waals surface area contributed by atoms with Crippen LogP contribution in [0.15, 0.2) is 18.2 Å². The Hall–Kier alpha value is -1.46. The maximum absolute atomic E-state index is 5.94. The standard InChI is InChI=1S/C15H24N2O3/c1-18-7-3-6-17-12-9-13(10-12)20-14-5-4-11(16)8-15(14)19-2/h4-5,8,12-13,17H,3,6-7,9-10,16H2,1-2H3. The summed E-state index contributed by atoms with van der Waals surface area (Å²) in [6.07, 6.45) is 3.36. The maximum Gasteiger partial charge on any atom is 0.162 e. The molecule has 0 amide bonds. The number of hydrogen-bond donors (Lipinski definition) is 2. The van der Waals surface area contributed by atoms with Crippen LogP contribution in [0.4, 0.5) is 5.69 Å². The molecule has 1 fully saturated rings. The monoisotopic (exact) mass is 280 g/mol. The molecule has 2 rings (SSSR count). The number of nitrogens with two attached hydrogens (primary N) is 1. The summed E-state index contributed by atoms with van der Waals surface area (Å²) in [7, 11) is 3.36. The number of benzene rings is 1. The molecule has 0 heterocycles. The van der Waals surface area contributed by atoms with Gasteiger partial charge >= 0.3 is 0 Å². The second kappa shape index (κ2) is 7.36. The summed E-state index contributed by atoms with van der Waals surface area (Å²) in [5.74, 6) is 1.46. The smallest absolute Gasteiger partial charge is 0.162 e. The van der Waals surface area contributed by atoms with Gasteiger partial charge in [0.15, 0.2) is 11.5 Å². The van der Waals surface area contributed by atoms with Crippen molar-refractivity contribution < 1.29 is 14.2 Å². The Morgan fingerprint density at radius 2 is 2.05 bits per heavy atom. The molecule has 0 bridgehead atoms. The second-order valence-electron chi connectivity index (χ2n) is 5.12. The van der Waals surface area contributed by atoms with Gasteiger partial charge in [-0.25, -0.2) is 0 Å². The van der Waals surface area contributed by atoms with Crippen molar-refractivity contribution in [3.8, 4) is 11.5 Å². The number of rotatable bonds is 8. The number of nitrogens with one attached hydrogen (secondary N) is 1. The molecule has 0 unspecified atom stereocenters. The second-order valence-corrected chi connectivity index (χ2v) is 5.12. The van der Waals surface area contributed by atoms with Gasteiger partial charge in [-0.15, -0.1) is 0 Å². The quantitative estimate of drug-likeness (QED) is 0.561. The summed E-state index contributed by atoms with van der Waals surface area (Å²) in [6.45, 7) is 1.80. The molecule has 0 spiro atoms. The molecule has 1 aliphatic carbocycles. The molecule has 5 heteroatoms. The molecule has 0 atom stereocenters. The summed E-state index contributed by atoms with van der Waals surface area (Å²) >= 11 is 0. The van der Waals surface area contributed by atoms with Gasteiger partial charge in [0.05, 0.1) is 7.11 Å². The molecule has 1 aromatic carbocycles. The summed E-state index contributed by atoms with van der Waals surface area (Å²) < 4.78 is 16.2. The van der Waals surface area contributed by atoms with Gasteiger partial charge in [-0.05, 0) is 37.9 Å². The van der Waals surface area contributed by atoms with Crippen LogP contribution >= 0.6 is 0 Å². The van der Waals surface area contributed by atoms with Crippen LogP contribution < -0.4 is 20.5 Å². The molecule has 1 aromatic rings. The molecule has 0 saturated heterocycles. The zero-order valence-corrected chi connectivity index (χ0v) is 12.2. The zero-order chi connectivity index (χ0) is 14.4. The Bertz CT molecular complexity index is 420. The van der Waals surface area contributed by atoms with E-state index in [1.165, 1.54) is 0 Å². The van der Waals surface area contributed by atoms with Gasteiger partial charge in [0.1, 0.15) is 6.10 Å². The Morgan fingerprint density at radius 3 is 2.75 bits per heavy atom. The first kappa shape index (κ1) is 14.9. The molecule has 0 aliphatic heterocycles. The van der Waals surface area contributed by atoms with Crippen LogP contribution in [0.2, 0.25) is 0 Å². The van der Waals surface area contributed by atoms with E-state index in [0.717, 1.165) is 38.2 Å². The van der Waals surface area contributed by atoms with Gasteiger partial charge in [0.25, 0.3) is 0 Å². The average Bonchev–Trinajstić information content (AvgIpc) is 2.41. The third kappa shape index (κ3) is 4.02. The maximum atomic E-state index is 5.94. The van der Waals surface area contributed by atoms with Crippen molar-refractivity contribution in [2.45, 2.75) is 31.4 Å². The molecule has 0 aromatic heterocycles. The van der Waals surface area contributed by atoms with E-state index in [9.17, 15) is 0 Å². The van der Waals surface area contributed by atoms with E-state index >= 15 is 0 Å². The van der Waals surface area contributed by atoms with Gasteiger partial charge in [0, 0.05) is 31.5 Å². The van der Waals surface area contributed by atoms with Gasteiger partial charge in [-0.3, -0.25) is 0 Å². The van der Waals surface area contributed by atoms with E-state index in [2.05, 4.69) is 5.32 Å². The lowest BCUT2D eigenvalue weighted by Gasteiger charge is -2.36. The van der Waals surface area contributed by atoms with Crippen LogP contribution in [-0.2, 0) is 4.74 Å². The van der Waals surface area contributed by atoms with Gasteiger partial charge in [-0.1, -0.05) is 0 Å². The van der Waals surface area contributed by atoms with Crippen LogP contribution in [0.1, 0.15) is 19.3 Å². The summed E-state index contributed by atoms with van der Waals surface area (Å²) in [6, 6.07) is 6.04. The van der Waals surface area contributed by atoms with Crippen molar-refractivity contribution in [3.63, 3.8) is 0 Å². The predicted molar refractivity (Wildman–Crippen MR) is 79.3 cm³/mol. The molecule has 20 heavy (non-hydrogen) atoms. The van der Waals surface area contributed by atoms with E-state index < -0.39 is 0 Å². The van der Waals surface area contributed by atoms with E-state index in [-0.39, 0.29) is 6.10 Å².